The quantitative estimate of drug-likeness (QED) is 0.946. The van der Waals surface area contributed by atoms with Crippen LogP contribution in [-0.2, 0) is 0 Å². The fourth-order valence-electron chi connectivity index (χ4n) is 2.57. The molecule has 0 spiro atoms. The molecule has 1 aliphatic heterocycles. The minimum absolute atomic E-state index is 0.0192. The van der Waals surface area contributed by atoms with Crippen LogP contribution in [-0.4, -0.2) is 40.2 Å². The standard InChI is InChI=1S/C16H18ClN3O2/c1-11-10-15(19-18-11)16(21)20-8-6-14(7-9-20)22-13-4-2-12(17)3-5-13/h2-5,10,14H,6-9H2,1H3,(H,18,19). The van der Waals surface area contributed by atoms with Gasteiger partial charge in [-0.05, 0) is 37.3 Å². The fourth-order valence-corrected chi connectivity index (χ4v) is 2.70. The molecule has 1 aromatic heterocycles. The Hall–Kier alpha value is -2.01. The third-order valence-electron chi connectivity index (χ3n) is 3.77. The van der Waals surface area contributed by atoms with E-state index < -0.39 is 0 Å². The SMILES string of the molecule is Cc1cc(C(=O)N2CCC(Oc3ccc(Cl)cc3)CC2)n[nH]1. The number of halogens is 1. The summed E-state index contributed by atoms with van der Waals surface area (Å²) < 4.78 is 5.93. The molecule has 3 rings (SSSR count). The number of ether oxygens (including phenoxy) is 1. The zero-order valence-corrected chi connectivity index (χ0v) is 13.1. The van der Waals surface area contributed by atoms with Crippen LogP contribution in [0.2, 0.25) is 5.02 Å². The van der Waals surface area contributed by atoms with E-state index in [-0.39, 0.29) is 12.0 Å². The van der Waals surface area contributed by atoms with Crippen LogP contribution in [0.25, 0.3) is 0 Å². The minimum atomic E-state index is -0.0192. The van der Waals surface area contributed by atoms with Crippen molar-refractivity contribution in [1.29, 1.82) is 0 Å². The number of carbonyl (C=O) groups is 1. The second-order valence-corrected chi connectivity index (χ2v) is 5.94. The third kappa shape index (κ3) is 3.42. The molecule has 1 aromatic carbocycles. The molecule has 0 saturated carbocycles. The molecule has 1 N–H and O–H groups in total. The molecule has 22 heavy (non-hydrogen) atoms. The van der Waals surface area contributed by atoms with Gasteiger partial charge in [-0.25, -0.2) is 0 Å². The highest BCUT2D eigenvalue weighted by molar-refractivity contribution is 6.30. The van der Waals surface area contributed by atoms with Gasteiger partial charge in [-0.1, -0.05) is 11.6 Å². The summed E-state index contributed by atoms with van der Waals surface area (Å²) in [5.74, 6) is 0.798. The Morgan fingerprint density at radius 1 is 1.32 bits per heavy atom. The van der Waals surface area contributed by atoms with Gasteiger partial charge in [-0.15, -0.1) is 0 Å². The number of aryl methyl sites for hydroxylation is 1. The Balaban J connectivity index is 1.54. The highest BCUT2D eigenvalue weighted by atomic mass is 35.5. The van der Waals surface area contributed by atoms with E-state index in [1.165, 1.54) is 0 Å². The van der Waals surface area contributed by atoms with Crippen LogP contribution in [0.3, 0.4) is 0 Å². The van der Waals surface area contributed by atoms with Gasteiger partial charge in [0, 0.05) is 36.6 Å². The molecule has 0 radical (unpaired) electrons. The number of piperidine rings is 1. The lowest BCUT2D eigenvalue weighted by Gasteiger charge is -2.31. The summed E-state index contributed by atoms with van der Waals surface area (Å²) in [7, 11) is 0. The molecular weight excluding hydrogens is 302 g/mol. The van der Waals surface area contributed by atoms with Crippen molar-refractivity contribution < 1.29 is 9.53 Å². The Morgan fingerprint density at radius 2 is 2.00 bits per heavy atom. The van der Waals surface area contributed by atoms with Crippen LogP contribution >= 0.6 is 11.6 Å². The van der Waals surface area contributed by atoms with Crippen molar-refractivity contribution in [2.24, 2.45) is 0 Å². The molecule has 0 atom stereocenters. The van der Waals surface area contributed by atoms with Crippen LogP contribution in [0.1, 0.15) is 29.0 Å². The lowest BCUT2D eigenvalue weighted by molar-refractivity contribution is 0.0590. The number of nitrogens with zero attached hydrogens (tertiary/aromatic N) is 2. The largest absolute Gasteiger partial charge is 0.490 e. The predicted octanol–water partition coefficient (Wildman–Crippen LogP) is 3.06. The second-order valence-electron chi connectivity index (χ2n) is 5.50. The summed E-state index contributed by atoms with van der Waals surface area (Å²) in [6, 6.07) is 9.14. The zero-order chi connectivity index (χ0) is 15.5. The first-order valence-electron chi connectivity index (χ1n) is 7.35. The molecule has 1 fully saturated rings. The van der Waals surface area contributed by atoms with Crippen molar-refractivity contribution in [3.05, 3.63) is 46.7 Å². The van der Waals surface area contributed by atoms with Gasteiger partial charge in [0.15, 0.2) is 0 Å². The number of rotatable bonds is 3. The lowest BCUT2D eigenvalue weighted by Crippen LogP contribution is -2.41. The average molecular weight is 320 g/mol. The summed E-state index contributed by atoms with van der Waals surface area (Å²) in [6.07, 6.45) is 1.77. The third-order valence-corrected chi connectivity index (χ3v) is 4.02. The molecule has 1 amide bonds. The number of likely N-dealkylation sites (tertiary alicyclic amines) is 1. The number of aromatic amines is 1. The van der Waals surface area contributed by atoms with Crippen LogP contribution in [0.4, 0.5) is 0 Å². The van der Waals surface area contributed by atoms with Gasteiger partial charge in [-0.2, -0.15) is 5.10 Å². The van der Waals surface area contributed by atoms with Crippen LogP contribution in [0.5, 0.6) is 5.75 Å². The maximum absolute atomic E-state index is 12.3. The number of hydrogen-bond donors (Lipinski definition) is 1. The summed E-state index contributed by atoms with van der Waals surface area (Å²) in [6.45, 7) is 3.25. The summed E-state index contributed by atoms with van der Waals surface area (Å²) >= 11 is 5.86. The Bertz CT molecular complexity index is 646. The molecule has 116 valence electrons. The fraction of sp³-hybridized carbons (Fsp3) is 0.375. The highest BCUT2D eigenvalue weighted by Gasteiger charge is 2.25. The van der Waals surface area contributed by atoms with E-state index in [0.717, 1.165) is 24.3 Å². The Labute approximate surface area is 134 Å². The Morgan fingerprint density at radius 3 is 2.59 bits per heavy atom. The number of H-pyrrole nitrogens is 1. The predicted molar refractivity (Wildman–Crippen MR) is 84.3 cm³/mol. The molecule has 2 heterocycles. The molecule has 0 bridgehead atoms. The molecule has 5 nitrogen and oxygen atoms in total. The maximum atomic E-state index is 12.3. The minimum Gasteiger partial charge on any atom is -0.490 e. The summed E-state index contributed by atoms with van der Waals surface area (Å²) in [5.41, 5.74) is 1.37. The Kier molecular flexibility index (Phi) is 4.34. The molecule has 2 aromatic rings. The number of hydrogen-bond acceptors (Lipinski definition) is 3. The van der Waals surface area contributed by atoms with Gasteiger partial charge in [-0.3, -0.25) is 9.89 Å². The monoisotopic (exact) mass is 319 g/mol. The maximum Gasteiger partial charge on any atom is 0.274 e. The lowest BCUT2D eigenvalue weighted by atomic mass is 10.1. The molecule has 1 saturated heterocycles. The number of aromatic nitrogens is 2. The molecule has 1 aliphatic rings. The molecular formula is C16H18ClN3O2. The summed E-state index contributed by atoms with van der Waals surface area (Å²) in [4.78, 5) is 14.1. The van der Waals surface area contributed by atoms with E-state index in [1.54, 1.807) is 6.07 Å². The van der Waals surface area contributed by atoms with Crippen molar-refractivity contribution in [2.45, 2.75) is 25.9 Å². The van der Waals surface area contributed by atoms with Crippen LogP contribution in [0.15, 0.2) is 30.3 Å². The van der Waals surface area contributed by atoms with E-state index >= 15 is 0 Å². The second kappa shape index (κ2) is 6.40. The first kappa shape index (κ1) is 14.9. The van der Waals surface area contributed by atoms with Crippen molar-refractivity contribution in [3.63, 3.8) is 0 Å². The summed E-state index contributed by atoms with van der Waals surface area (Å²) in [5, 5.41) is 7.52. The van der Waals surface area contributed by atoms with Gasteiger partial charge in [0.05, 0.1) is 0 Å². The molecule has 0 unspecified atom stereocenters. The zero-order valence-electron chi connectivity index (χ0n) is 12.4. The van der Waals surface area contributed by atoms with Crippen molar-refractivity contribution in [3.8, 4) is 5.75 Å². The number of benzene rings is 1. The van der Waals surface area contributed by atoms with Gasteiger partial charge in [0.2, 0.25) is 0 Å². The van der Waals surface area contributed by atoms with Gasteiger partial charge in [0.1, 0.15) is 17.5 Å². The van der Waals surface area contributed by atoms with Gasteiger partial charge in [0.25, 0.3) is 5.91 Å². The molecule has 0 aliphatic carbocycles. The number of nitrogens with one attached hydrogen (secondary N) is 1. The smallest absolute Gasteiger partial charge is 0.274 e. The normalized spacial score (nSPS) is 15.8. The van der Waals surface area contributed by atoms with Crippen molar-refractivity contribution in [2.75, 3.05) is 13.1 Å². The van der Waals surface area contributed by atoms with Crippen LogP contribution in [0, 0.1) is 6.92 Å². The van der Waals surface area contributed by atoms with Gasteiger partial charge >= 0.3 is 0 Å². The topological polar surface area (TPSA) is 58.2 Å². The van der Waals surface area contributed by atoms with Crippen molar-refractivity contribution in [1.82, 2.24) is 15.1 Å². The van der Waals surface area contributed by atoms with Gasteiger partial charge < -0.3 is 9.64 Å². The first-order valence-corrected chi connectivity index (χ1v) is 7.73. The van der Waals surface area contributed by atoms with Crippen LogP contribution < -0.4 is 4.74 Å². The van der Waals surface area contributed by atoms with E-state index in [0.29, 0.717) is 23.8 Å². The van der Waals surface area contributed by atoms with E-state index in [2.05, 4.69) is 10.2 Å². The first-order chi connectivity index (χ1) is 10.6. The number of amides is 1. The average Bonchev–Trinajstić information content (AvgIpc) is 2.96. The van der Waals surface area contributed by atoms with E-state index in [9.17, 15) is 4.79 Å². The number of carbonyl (C=O) groups excluding carboxylic acids is 1. The highest BCUT2D eigenvalue weighted by Crippen LogP contribution is 2.21. The van der Waals surface area contributed by atoms with E-state index in [1.807, 2.05) is 36.1 Å². The molecule has 6 heteroatoms. The van der Waals surface area contributed by atoms with Crippen molar-refractivity contribution >= 4 is 17.5 Å². The van der Waals surface area contributed by atoms with E-state index in [4.69, 9.17) is 16.3 Å².